The highest BCUT2D eigenvalue weighted by molar-refractivity contribution is 5.79. The standard InChI is InChI=1S/C20H27N5O/c1-5-13-26-18-11-7-6-9-16(18)14-22-20(21-2)23-15-17-10-8-12-19(24-17)25(3)4/h5-12H,1,13-15H2,2-4H3,(H2,21,22,23). The Morgan fingerprint density at radius 3 is 2.65 bits per heavy atom. The summed E-state index contributed by atoms with van der Waals surface area (Å²) in [4.78, 5) is 10.8. The average Bonchev–Trinajstić information content (AvgIpc) is 2.67. The van der Waals surface area contributed by atoms with Crippen LogP contribution in [-0.4, -0.2) is 38.7 Å². The SMILES string of the molecule is C=CCOc1ccccc1CNC(=NC)NCc1cccc(N(C)C)n1. The molecule has 0 saturated carbocycles. The molecule has 0 aliphatic heterocycles. The normalized spacial score (nSPS) is 11.0. The van der Waals surface area contributed by atoms with Crippen molar-refractivity contribution in [2.45, 2.75) is 13.1 Å². The zero-order chi connectivity index (χ0) is 18.8. The summed E-state index contributed by atoms with van der Waals surface area (Å²) in [6, 6.07) is 13.9. The Kier molecular flexibility index (Phi) is 7.49. The molecule has 138 valence electrons. The van der Waals surface area contributed by atoms with E-state index in [9.17, 15) is 0 Å². The van der Waals surface area contributed by atoms with Gasteiger partial charge in [0.05, 0.1) is 12.2 Å². The molecule has 6 heteroatoms. The molecule has 0 amide bonds. The van der Waals surface area contributed by atoms with E-state index in [0.717, 1.165) is 22.8 Å². The average molecular weight is 353 g/mol. The second-order valence-electron chi connectivity index (χ2n) is 5.87. The third-order valence-electron chi connectivity index (χ3n) is 3.69. The molecule has 0 atom stereocenters. The summed E-state index contributed by atoms with van der Waals surface area (Å²) in [5, 5.41) is 6.59. The Balaban J connectivity index is 1.92. The Morgan fingerprint density at radius 1 is 1.15 bits per heavy atom. The lowest BCUT2D eigenvalue weighted by molar-refractivity contribution is 0.358. The zero-order valence-corrected chi connectivity index (χ0v) is 15.7. The fourth-order valence-electron chi connectivity index (χ4n) is 2.33. The van der Waals surface area contributed by atoms with Crippen LogP contribution in [0.3, 0.4) is 0 Å². The fraction of sp³-hybridized carbons (Fsp3) is 0.300. The van der Waals surface area contributed by atoms with Crippen LogP contribution in [0.4, 0.5) is 5.82 Å². The second kappa shape index (κ2) is 10.1. The van der Waals surface area contributed by atoms with E-state index in [0.29, 0.717) is 25.7 Å². The molecule has 26 heavy (non-hydrogen) atoms. The number of rotatable bonds is 8. The van der Waals surface area contributed by atoms with E-state index in [1.54, 1.807) is 13.1 Å². The van der Waals surface area contributed by atoms with Crippen LogP contribution >= 0.6 is 0 Å². The molecule has 1 aromatic carbocycles. The number of nitrogens with one attached hydrogen (secondary N) is 2. The van der Waals surface area contributed by atoms with Crippen molar-refractivity contribution in [2.24, 2.45) is 4.99 Å². The maximum Gasteiger partial charge on any atom is 0.191 e. The first-order valence-corrected chi connectivity index (χ1v) is 8.53. The first-order valence-electron chi connectivity index (χ1n) is 8.53. The van der Waals surface area contributed by atoms with Crippen molar-refractivity contribution in [3.8, 4) is 5.75 Å². The second-order valence-corrected chi connectivity index (χ2v) is 5.87. The highest BCUT2D eigenvalue weighted by Gasteiger charge is 2.05. The maximum atomic E-state index is 5.68. The first kappa shape index (κ1) is 19.3. The van der Waals surface area contributed by atoms with Gasteiger partial charge < -0.3 is 20.3 Å². The predicted molar refractivity (Wildman–Crippen MR) is 108 cm³/mol. The highest BCUT2D eigenvalue weighted by atomic mass is 16.5. The van der Waals surface area contributed by atoms with Gasteiger partial charge in [-0.15, -0.1) is 0 Å². The smallest absolute Gasteiger partial charge is 0.191 e. The Bertz CT molecular complexity index is 742. The summed E-state index contributed by atoms with van der Waals surface area (Å²) in [5.41, 5.74) is 2.01. The van der Waals surface area contributed by atoms with Gasteiger partial charge >= 0.3 is 0 Å². The quantitative estimate of drug-likeness (QED) is 0.434. The van der Waals surface area contributed by atoms with Crippen LogP contribution in [0.1, 0.15) is 11.3 Å². The molecule has 0 saturated heterocycles. The van der Waals surface area contributed by atoms with Crippen LogP contribution in [0.25, 0.3) is 0 Å². The van der Waals surface area contributed by atoms with Crippen molar-refractivity contribution >= 4 is 11.8 Å². The largest absolute Gasteiger partial charge is 0.489 e. The molecule has 0 radical (unpaired) electrons. The fourth-order valence-corrected chi connectivity index (χ4v) is 2.33. The van der Waals surface area contributed by atoms with E-state index < -0.39 is 0 Å². The lowest BCUT2D eigenvalue weighted by Gasteiger charge is -2.15. The third-order valence-corrected chi connectivity index (χ3v) is 3.69. The monoisotopic (exact) mass is 353 g/mol. The molecule has 0 spiro atoms. The minimum absolute atomic E-state index is 0.484. The van der Waals surface area contributed by atoms with Gasteiger partial charge in [-0.05, 0) is 18.2 Å². The third kappa shape index (κ3) is 5.81. The lowest BCUT2D eigenvalue weighted by atomic mass is 10.2. The van der Waals surface area contributed by atoms with Crippen molar-refractivity contribution in [3.05, 3.63) is 66.4 Å². The lowest BCUT2D eigenvalue weighted by Crippen LogP contribution is -2.36. The number of guanidine groups is 1. The Morgan fingerprint density at radius 2 is 1.92 bits per heavy atom. The number of aromatic nitrogens is 1. The minimum atomic E-state index is 0.484. The number of aliphatic imine (C=N–C) groups is 1. The molecular formula is C20H27N5O. The van der Waals surface area contributed by atoms with Crippen molar-refractivity contribution in [2.75, 3.05) is 32.6 Å². The van der Waals surface area contributed by atoms with Crippen LogP contribution in [0.5, 0.6) is 5.75 Å². The molecule has 1 aromatic heterocycles. The number of benzene rings is 1. The molecule has 1 heterocycles. The van der Waals surface area contributed by atoms with Crippen molar-refractivity contribution < 1.29 is 4.74 Å². The molecule has 0 fully saturated rings. The maximum absolute atomic E-state index is 5.68. The number of ether oxygens (including phenoxy) is 1. The van der Waals surface area contributed by atoms with Crippen molar-refractivity contribution in [1.29, 1.82) is 0 Å². The van der Waals surface area contributed by atoms with E-state index in [-0.39, 0.29) is 0 Å². The number of para-hydroxylation sites is 1. The van der Waals surface area contributed by atoms with Crippen LogP contribution in [0.15, 0.2) is 60.1 Å². The molecule has 0 unspecified atom stereocenters. The summed E-state index contributed by atoms with van der Waals surface area (Å²) in [6.45, 7) is 5.37. The van der Waals surface area contributed by atoms with E-state index in [2.05, 4.69) is 27.2 Å². The van der Waals surface area contributed by atoms with Crippen molar-refractivity contribution in [3.63, 3.8) is 0 Å². The topological polar surface area (TPSA) is 61.8 Å². The number of anilines is 1. The van der Waals surface area contributed by atoms with Gasteiger partial charge in [0.25, 0.3) is 0 Å². The first-order chi connectivity index (χ1) is 12.6. The van der Waals surface area contributed by atoms with Gasteiger partial charge in [-0.1, -0.05) is 36.9 Å². The van der Waals surface area contributed by atoms with Crippen LogP contribution < -0.4 is 20.3 Å². The molecule has 6 nitrogen and oxygen atoms in total. The summed E-state index contributed by atoms with van der Waals surface area (Å²) in [5.74, 6) is 2.48. The minimum Gasteiger partial charge on any atom is -0.489 e. The van der Waals surface area contributed by atoms with Gasteiger partial charge in [-0.3, -0.25) is 4.99 Å². The van der Waals surface area contributed by atoms with Gasteiger partial charge in [0, 0.05) is 33.3 Å². The van der Waals surface area contributed by atoms with E-state index in [1.807, 2.05) is 61.5 Å². The number of nitrogens with zero attached hydrogens (tertiary/aromatic N) is 3. The van der Waals surface area contributed by atoms with Crippen LogP contribution in [-0.2, 0) is 13.1 Å². The van der Waals surface area contributed by atoms with Gasteiger partial charge in [0.15, 0.2) is 5.96 Å². The van der Waals surface area contributed by atoms with Gasteiger partial charge in [-0.25, -0.2) is 4.98 Å². The zero-order valence-electron chi connectivity index (χ0n) is 15.7. The van der Waals surface area contributed by atoms with Gasteiger partial charge in [0.2, 0.25) is 0 Å². The number of hydrogen-bond acceptors (Lipinski definition) is 4. The van der Waals surface area contributed by atoms with Gasteiger partial charge in [0.1, 0.15) is 18.2 Å². The highest BCUT2D eigenvalue weighted by Crippen LogP contribution is 2.17. The Hall–Kier alpha value is -3.02. The number of pyridine rings is 1. The molecule has 0 aliphatic carbocycles. The number of hydrogen-bond donors (Lipinski definition) is 2. The van der Waals surface area contributed by atoms with Crippen LogP contribution in [0, 0.1) is 0 Å². The van der Waals surface area contributed by atoms with E-state index in [4.69, 9.17) is 4.74 Å². The predicted octanol–water partition coefficient (Wildman–Crippen LogP) is 2.58. The molecule has 2 rings (SSSR count). The van der Waals surface area contributed by atoms with Crippen molar-refractivity contribution in [1.82, 2.24) is 15.6 Å². The summed E-state index contributed by atoms with van der Waals surface area (Å²) in [7, 11) is 5.71. The summed E-state index contributed by atoms with van der Waals surface area (Å²) in [6.07, 6.45) is 1.74. The molecule has 0 aliphatic rings. The molecule has 0 bridgehead atoms. The Labute approximate surface area is 155 Å². The summed E-state index contributed by atoms with van der Waals surface area (Å²) >= 11 is 0. The van der Waals surface area contributed by atoms with E-state index >= 15 is 0 Å². The van der Waals surface area contributed by atoms with E-state index in [1.165, 1.54) is 0 Å². The molecule has 2 N–H and O–H groups in total. The summed E-state index contributed by atoms with van der Waals surface area (Å²) < 4.78 is 5.68. The molecular weight excluding hydrogens is 326 g/mol. The molecule has 2 aromatic rings. The van der Waals surface area contributed by atoms with Gasteiger partial charge in [-0.2, -0.15) is 0 Å². The van der Waals surface area contributed by atoms with Crippen LogP contribution in [0.2, 0.25) is 0 Å².